The van der Waals surface area contributed by atoms with Gasteiger partial charge in [0.1, 0.15) is 6.10 Å². The standard InChI is InChI=1S/C14H22N2O2/c1-9(2)8-18-11(4)14(17)16-13-7-12(15)6-5-10(13)3/h5-7,9,11H,8,15H2,1-4H3,(H,16,17). The molecule has 100 valence electrons. The van der Waals surface area contributed by atoms with Crippen LogP contribution in [0.3, 0.4) is 0 Å². The van der Waals surface area contributed by atoms with Crippen molar-refractivity contribution in [2.24, 2.45) is 5.92 Å². The van der Waals surface area contributed by atoms with Crippen molar-refractivity contribution in [3.05, 3.63) is 23.8 Å². The van der Waals surface area contributed by atoms with Gasteiger partial charge in [-0.3, -0.25) is 4.79 Å². The Morgan fingerprint density at radius 1 is 1.39 bits per heavy atom. The summed E-state index contributed by atoms with van der Waals surface area (Å²) in [7, 11) is 0. The minimum absolute atomic E-state index is 0.149. The van der Waals surface area contributed by atoms with Crippen molar-refractivity contribution in [2.75, 3.05) is 17.7 Å². The molecule has 18 heavy (non-hydrogen) atoms. The van der Waals surface area contributed by atoms with E-state index in [0.717, 1.165) is 11.3 Å². The van der Waals surface area contributed by atoms with Crippen LogP contribution in [0, 0.1) is 12.8 Å². The predicted octanol–water partition coefficient (Wildman–Crippen LogP) is 2.58. The number of nitrogen functional groups attached to an aromatic ring is 1. The van der Waals surface area contributed by atoms with Crippen LogP contribution >= 0.6 is 0 Å². The number of amides is 1. The largest absolute Gasteiger partial charge is 0.399 e. The van der Waals surface area contributed by atoms with Gasteiger partial charge in [-0.1, -0.05) is 19.9 Å². The van der Waals surface area contributed by atoms with Crippen molar-refractivity contribution < 1.29 is 9.53 Å². The predicted molar refractivity (Wildman–Crippen MR) is 74.5 cm³/mol. The maximum atomic E-state index is 11.9. The van der Waals surface area contributed by atoms with Crippen LogP contribution in [-0.4, -0.2) is 18.6 Å². The molecule has 1 aromatic carbocycles. The van der Waals surface area contributed by atoms with E-state index in [1.54, 1.807) is 13.0 Å². The first-order valence-electron chi connectivity index (χ1n) is 6.18. The summed E-state index contributed by atoms with van der Waals surface area (Å²) in [5, 5.41) is 2.83. The van der Waals surface area contributed by atoms with Crippen molar-refractivity contribution in [1.82, 2.24) is 0 Å². The van der Waals surface area contributed by atoms with Crippen LogP contribution in [0.2, 0.25) is 0 Å². The average molecular weight is 250 g/mol. The van der Waals surface area contributed by atoms with Crippen molar-refractivity contribution in [1.29, 1.82) is 0 Å². The van der Waals surface area contributed by atoms with Crippen molar-refractivity contribution in [2.45, 2.75) is 33.8 Å². The van der Waals surface area contributed by atoms with E-state index in [0.29, 0.717) is 18.2 Å². The topological polar surface area (TPSA) is 64.3 Å². The van der Waals surface area contributed by atoms with Gasteiger partial charge < -0.3 is 15.8 Å². The molecule has 1 amide bonds. The Labute approximate surface area is 109 Å². The molecule has 0 aromatic heterocycles. The Hall–Kier alpha value is -1.55. The van der Waals surface area contributed by atoms with Gasteiger partial charge in [0.25, 0.3) is 5.91 Å². The summed E-state index contributed by atoms with van der Waals surface area (Å²) < 4.78 is 5.46. The molecule has 4 nitrogen and oxygen atoms in total. The van der Waals surface area contributed by atoms with Crippen molar-refractivity contribution >= 4 is 17.3 Å². The number of anilines is 2. The van der Waals surface area contributed by atoms with E-state index in [1.807, 2.05) is 32.9 Å². The lowest BCUT2D eigenvalue weighted by Crippen LogP contribution is -2.29. The minimum atomic E-state index is -0.465. The van der Waals surface area contributed by atoms with Crippen LogP contribution in [-0.2, 0) is 9.53 Å². The highest BCUT2D eigenvalue weighted by molar-refractivity contribution is 5.95. The fourth-order valence-corrected chi connectivity index (χ4v) is 1.42. The second-order valence-electron chi connectivity index (χ2n) is 4.93. The van der Waals surface area contributed by atoms with Gasteiger partial charge in [-0.2, -0.15) is 0 Å². The summed E-state index contributed by atoms with van der Waals surface area (Å²) in [4.78, 5) is 11.9. The normalized spacial score (nSPS) is 12.5. The number of carbonyl (C=O) groups excluding carboxylic acids is 1. The second kappa shape index (κ2) is 6.40. The Morgan fingerprint density at radius 2 is 2.06 bits per heavy atom. The number of hydrogen-bond acceptors (Lipinski definition) is 3. The molecule has 4 heteroatoms. The number of rotatable bonds is 5. The highest BCUT2D eigenvalue weighted by Gasteiger charge is 2.14. The Balaban J connectivity index is 2.61. The average Bonchev–Trinajstić information content (AvgIpc) is 2.30. The third-order valence-corrected chi connectivity index (χ3v) is 2.57. The van der Waals surface area contributed by atoms with Crippen LogP contribution in [0.5, 0.6) is 0 Å². The molecule has 0 aliphatic heterocycles. The Kier molecular flexibility index (Phi) is 5.16. The van der Waals surface area contributed by atoms with E-state index >= 15 is 0 Å². The SMILES string of the molecule is Cc1ccc(N)cc1NC(=O)C(C)OCC(C)C. The van der Waals surface area contributed by atoms with E-state index in [4.69, 9.17) is 10.5 Å². The molecule has 1 rings (SSSR count). The highest BCUT2D eigenvalue weighted by Crippen LogP contribution is 2.18. The molecular formula is C14H22N2O2. The lowest BCUT2D eigenvalue weighted by atomic mass is 10.1. The molecule has 1 unspecified atom stereocenters. The number of ether oxygens (including phenoxy) is 1. The Morgan fingerprint density at radius 3 is 2.67 bits per heavy atom. The number of aryl methyl sites for hydroxylation is 1. The zero-order chi connectivity index (χ0) is 13.7. The molecule has 0 bridgehead atoms. The summed E-state index contributed by atoms with van der Waals surface area (Å²) in [6.45, 7) is 8.35. The second-order valence-corrected chi connectivity index (χ2v) is 4.93. The van der Waals surface area contributed by atoms with Gasteiger partial charge in [0.2, 0.25) is 0 Å². The molecule has 3 N–H and O–H groups in total. The van der Waals surface area contributed by atoms with Crippen molar-refractivity contribution in [3.8, 4) is 0 Å². The van der Waals surface area contributed by atoms with Crippen LogP contribution in [0.25, 0.3) is 0 Å². The Bertz CT molecular complexity index is 416. The first-order valence-corrected chi connectivity index (χ1v) is 6.18. The quantitative estimate of drug-likeness (QED) is 0.789. The number of nitrogens with one attached hydrogen (secondary N) is 1. The first-order chi connectivity index (χ1) is 8.40. The van der Waals surface area contributed by atoms with Crippen LogP contribution < -0.4 is 11.1 Å². The fraction of sp³-hybridized carbons (Fsp3) is 0.500. The van der Waals surface area contributed by atoms with E-state index in [-0.39, 0.29) is 5.91 Å². The summed E-state index contributed by atoms with van der Waals surface area (Å²) in [5.41, 5.74) is 8.04. The fourth-order valence-electron chi connectivity index (χ4n) is 1.42. The molecule has 0 radical (unpaired) electrons. The highest BCUT2D eigenvalue weighted by atomic mass is 16.5. The molecule has 1 aromatic rings. The van der Waals surface area contributed by atoms with E-state index in [9.17, 15) is 4.79 Å². The summed E-state index contributed by atoms with van der Waals surface area (Å²) >= 11 is 0. The van der Waals surface area contributed by atoms with Gasteiger partial charge in [-0.05, 0) is 37.5 Å². The molecule has 0 fully saturated rings. The summed E-state index contributed by atoms with van der Waals surface area (Å²) in [6, 6.07) is 5.44. The molecule has 0 aliphatic carbocycles. The lowest BCUT2D eigenvalue weighted by Gasteiger charge is -2.16. The third kappa shape index (κ3) is 4.37. The van der Waals surface area contributed by atoms with Crippen LogP contribution in [0.1, 0.15) is 26.3 Å². The molecule has 1 atom stereocenters. The van der Waals surface area contributed by atoms with E-state index in [1.165, 1.54) is 0 Å². The number of carbonyl (C=O) groups is 1. The van der Waals surface area contributed by atoms with Gasteiger partial charge >= 0.3 is 0 Å². The summed E-state index contributed by atoms with van der Waals surface area (Å²) in [5.74, 6) is 0.263. The van der Waals surface area contributed by atoms with Gasteiger partial charge in [-0.25, -0.2) is 0 Å². The first kappa shape index (κ1) is 14.5. The van der Waals surface area contributed by atoms with Gasteiger partial charge in [-0.15, -0.1) is 0 Å². The van der Waals surface area contributed by atoms with Crippen LogP contribution in [0.15, 0.2) is 18.2 Å². The number of hydrogen-bond donors (Lipinski definition) is 2. The molecule has 0 aliphatic rings. The maximum absolute atomic E-state index is 11.9. The molecule has 0 spiro atoms. The monoisotopic (exact) mass is 250 g/mol. The third-order valence-electron chi connectivity index (χ3n) is 2.57. The van der Waals surface area contributed by atoms with E-state index < -0.39 is 6.10 Å². The zero-order valence-corrected chi connectivity index (χ0v) is 11.5. The molecule has 0 heterocycles. The van der Waals surface area contributed by atoms with Crippen molar-refractivity contribution in [3.63, 3.8) is 0 Å². The van der Waals surface area contributed by atoms with E-state index in [2.05, 4.69) is 5.32 Å². The molecular weight excluding hydrogens is 228 g/mol. The number of benzene rings is 1. The van der Waals surface area contributed by atoms with Gasteiger partial charge in [0.05, 0.1) is 0 Å². The number of nitrogens with two attached hydrogens (primary N) is 1. The summed E-state index contributed by atoms with van der Waals surface area (Å²) in [6.07, 6.45) is -0.465. The minimum Gasteiger partial charge on any atom is -0.399 e. The lowest BCUT2D eigenvalue weighted by molar-refractivity contribution is -0.126. The maximum Gasteiger partial charge on any atom is 0.253 e. The van der Waals surface area contributed by atoms with Crippen LogP contribution in [0.4, 0.5) is 11.4 Å². The molecule has 0 saturated carbocycles. The smallest absolute Gasteiger partial charge is 0.253 e. The zero-order valence-electron chi connectivity index (χ0n) is 11.5. The molecule has 0 saturated heterocycles. The van der Waals surface area contributed by atoms with Gasteiger partial charge in [0, 0.05) is 18.0 Å². The van der Waals surface area contributed by atoms with Gasteiger partial charge in [0.15, 0.2) is 0 Å².